The topological polar surface area (TPSA) is 85.2 Å². The molecule has 2 N–H and O–H groups in total. The van der Waals surface area contributed by atoms with E-state index in [2.05, 4.69) is 24.5 Å². The molecule has 0 saturated heterocycles. The molecule has 7 nitrogen and oxygen atoms in total. The van der Waals surface area contributed by atoms with Crippen LogP contribution in [0.15, 0.2) is 53.3 Å². The second-order valence-corrected chi connectivity index (χ2v) is 10.0. The highest BCUT2D eigenvalue weighted by Crippen LogP contribution is 2.23. The second kappa shape index (κ2) is 11.0. The molecule has 34 heavy (non-hydrogen) atoms. The highest BCUT2D eigenvalue weighted by atomic mass is 35.5. The van der Waals surface area contributed by atoms with E-state index in [-0.39, 0.29) is 17.5 Å². The van der Waals surface area contributed by atoms with Crippen LogP contribution in [0.3, 0.4) is 0 Å². The standard InChI is InChI=1S/C26H33ClN4O3/c1-17(2)22(28-13-14-29-25(33)34-26(3,4)5)23-30-21-15-19(27)11-12-20(21)24(32)31(23)16-18-9-7-6-8-10-18/h6-12,15,17,22,28H,13-14,16H2,1-5H3,(H,29,33)/t22-/m1/s1. The first-order chi connectivity index (χ1) is 16.0. The minimum atomic E-state index is -0.554. The van der Waals surface area contributed by atoms with E-state index in [0.29, 0.717) is 41.4 Å². The quantitative estimate of drug-likeness (QED) is 0.444. The lowest BCUT2D eigenvalue weighted by Gasteiger charge is -2.26. The molecule has 2 aromatic carbocycles. The monoisotopic (exact) mass is 484 g/mol. The molecule has 0 unspecified atom stereocenters. The number of ether oxygens (including phenoxy) is 1. The van der Waals surface area contributed by atoms with Gasteiger partial charge in [0.05, 0.1) is 23.5 Å². The maximum Gasteiger partial charge on any atom is 0.407 e. The molecule has 0 radical (unpaired) electrons. The summed E-state index contributed by atoms with van der Waals surface area (Å²) in [6.07, 6.45) is -0.463. The van der Waals surface area contributed by atoms with Crippen LogP contribution in [0.5, 0.6) is 0 Å². The lowest BCUT2D eigenvalue weighted by molar-refractivity contribution is 0.0527. The van der Waals surface area contributed by atoms with Gasteiger partial charge in [-0.3, -0.25) is 9.36 Å². The number of nitrogens with zero attached hydrogens (tertiary/aromatic N) is 2. The van der Waals surface area contributed by atoms with Crippen LogP contribution in [0.25, 0.3) is 10.9 Å². The predicted octanol–water partition coefficient (Wildman–Crippen LogP) is 4.91. The van der Waals surface area contributed by atoms with Crippen molar-refractivity contribution in [1.82, 2.24) is 20.2 Å². The van der Waals surface area contributed by atoms with Gasteiger partial charge in [0, 0.05) is 18.1 Å². The third-order valence-corrected chi connectivity index (χ3v) is 5.47. The van der Waals surface area contributed by atoms with Gasteiger partial charge in [0.25, 0.3) is 5.56 Å². The van der Waals surface area contributed by atoms with E-state index in [1.165, 1.54) is 0 Å². The normalized spacial score (nSPS) is 12.7. The Labute approximate surface area is 205 Å². The summed E-state index contributed by atoms with van der Waals surface area (Å²) >= 11 is 6.20. The van der Waals surface area contributed by atoms with Crippen molar-refractivity contribution in [2.24, 2.45) is 5.92 Å². The molecule has 0 spiro atoms. The van der Waals surface area contributed by atoms with Gasteiger partial charge in [0.2, 0.25) is 0 Å². The Hall–Kier alpha value is -2.90. The Morgan fingerprint density at radius 3 is 2.47 bits per heavy atom. The van der Waals surface area contributed by atoms with Gasteiger partial charge in [-0.15, -0.1) is 0 Å². The minimum Gasteiger partial charge on any atom is -0.444 e. The molecule has 1 amide bonds. The molecule has 3 aromatic rings. The average Bonchev–Trinajstić information content (AvgIpc) is 2.75. The summed E-state index contributed by atoms with van der Waals surface area (Å²) in [7, 11) is 0. The van der Waals surface area contributed by atoms with Crippen molar-refractivity contribution < 1.29 is 9.53 Å². The third kappa shape index (κ3) is 6.81. The molecule has 8 heteroatoms. The van der Waals surface area contributed by atoms with Gasteiger partial charge in [-0.1, -0.05) is 55.8 Å². The zero-order valence-corrected chi connectivity index (χ0v) is 21.1. The Balaban J connectivity index is 1.91. The fourth-order valence-electron chi connectivity index (χ4n) is 3.70. The molecular formula is C26H33ClN4O3. The molecule has 1 heterocycles. The van der Waals surface area contributed by atoms with Crippen LogP contribution in [-0.4, -0.2) is 34.3 Å². The number of carbonyl (C=O) groups is 1. The molecular weight excluding hydrogens is 452 g/mol. The van der Waals surface area contributed by atoms with Crippen LogP contribution in [0.2, 0.25) is 5.02 Å². The smallest absolute Gasteiger partial charge is 0.407 e. The zero-order chi connectivity index (χ0) is 24.9. The second-order valence-electron chi connectivity index (χ2n) is 9.61. The number of hydrogen-bond acceptors (Lipinski definition) is 5. The highest BCUT2D eigenvalue weighted by molar-refractivity contribution is 6.31. The van der Waals surface area contributed by atoms with E-state index in [9.17, 15) is 9.59 Å². The largest absolute Gasteiger partial charge is 0.444 e. The lowest BCUT2D eigenvalue weighted by Crippen LogP contribution is -2.40. The van der Waals surface area contributed by atoms with Gasteiger partial charge in [-0.2, -0.15) is 0 Å². The van der Waals surface area contributed by atoms with Crippen molar-refractivity contribution in [3.8, 4) is 0 Å². The van der Waals surface area contributed by atoms with Crippen LogP contribution in [0.1, 0.15) is 52.0 Å². The Bertz CT molecular complexity index is 1190. The number of alkyl carbamates (subject to hydrolysis) is 1. The molecule has 3 rings (SSSR count). The molecule has 0 aliphatic carbocycles. The summed E-state index contributed by atoms with van der Waals surface area (Å²) in [5, 5.41) is 7.27. The maximum atomic E-state index is 13.5. The van der Waals surface area contributed by atoms with Crippen LogP contribution < -0.4 is 16.2 Å². The highest BCUT2D eigenvalue weighted by Gasteiger charge is 2.23. The van der Waals surface area contributed by atoms with E-state index in [0.717, 1.165) is 5.56 Å². The van der Waals surface area contributed by atoms with Gasteiger partial charge < -0.3 is 15.4 Å². The molecule has 0 saturated carbocycles. The van der Waals surface area contributed by atoms with Crippen molar-refractivity contribution in [3.63, 3.8) is 0 Å². The zero-order valence-electron chi connectivity index (χ0n) is 20.4. The summed E-state index contributed by atoms with van der Waals surface area (Å²) in [5.41, 5.74) is 0.910. The average molecular weight is 485 g/mol. The number of benzene rings is 2. The molecule has 0 fully saturated rings. The van der Waals surface area contributed by atoms with E-state index in [4.69, 9.17) is 21.3 Å². The Morgan fingerprint density at radius 1 is 1.12 bits per heavy atom. The number of halogens is 1. The Kier molecular flexibility index (Phi) is 8.33. The molecule has 182 valence electrons. The summed E-state index contributed by atoms with van der Waals surface area (Å²) in [4.78, 5) is 30.4. The maximum absolute atomic E-state index is 13.5. The molecule has 0 aliphatic heterocycles. The van der Waals surface area contributed by atoms with Crippen LogP contribution in [0.4, 0.5) is 4.79 Å². The van der Waals surface area contributed by atoms with Crippen LogP contribution in [0, 0.1) is 5.92 Å². The number of nitrogens with one attached hydrogen (secondary N) is 2. The first-order valence-corrected chi connectivity index (χ1v) is 11.9. The first kappa shape index (κ1) is 25.7. The number of hydrogen-bond donors (Lipinski definition) is 2. The number of rotatable bonds is 8. The predicted molar refractivity (Wildman–Crippen MR) is 136 cm³/mol. The van der Waals surface area contributed by atoms with E-state index < -0.39 is 11.7 Å². The van der Waals surface area contributed by atoms with Crippen molar-refractivity contribution in [2.45, 2.75) is 52.8 Å². The summed E-state index contributed by atoms with van der Waals surface area (Å²) in [6, 6.07) is 14.8. The summed E-state index contributed by atoms with van der Waals surface area (Å²) < 4.78 is 7.02. The van der Waals surface area contributed by atoms with Gasteiger partial charge >= 0.3 is 6.09 Å². The SMILES string of the molecule is CC(C)[C@@H](NCCNC(=O)OC(C)(C)C)c1nc2cc(Cl)ccc2c(=O)n1Cc1ccccc1. The number of amides is 1. The molecule has 1 atom stereocenters. The van der Waals surface area contributed by atoms with Crippen LogP contribution >= 0.6 is 11.6 Å². The lowest BCUT2D eigenvalue weighted by atomic mass is 10.0. The van der Waals surface area contributed by atoms with Crippen molar-refractivity contribution in [1.29, 1.82) is 0 Å². The Morgan fingerprint density at radius 2 is 1.82 bits per heavy atom. The van der Waals surface area contributed by atoms with Gasteiger partial charge in [-0.25, -0.2) is 9.78 Å². The van der Waals surface area contributed by atoms with E-state index in [1.54, 1.807) is 22.8 Å². The van der Waals surface area contributed by atoms with Gasteiger partial charge in [0.1, 0.15) is 11.4 Å². The molecule has 1 aromatic heterocycles. The molecule has 0 aliphatic rings. The van der Waals surface area contributed by atoms with Gasteiger partial charge in [-0.05, 0) is 50.5 Å². The third-order valence-electron chi connectivity index (χ3n) is 5.23. The fourth-order valence-corrected chi connectivity index (χ4v) is 3.87. The van der Waals surface area contributed by atoms with E-state index in [1.807, 2.05) is 51.1 Å². The molecule has 0 bridgehead atoms. The first-order valence-electron chi connectivity index (χ1n) is 11.5. The van der Waals surface area contributed by atoms with Crippen molar-refractivity contribution >= 4 is 28.6 Å². The number of carbonyl (C=O) groups excluding carboxylic acids is 1. The van der Waals surface area contributed by atoms with Crippen LogP contribution in [-0.2, 0) is 11.3 Å². The summed E-state index contributed by atoms with van der Waals surface area (Å²) in [5.74, 6) is 0.767. The van der Waals surface area contributed by atoms with E-state index >= 15 is 0 Å². The number of aromatic nitrogens is 2. The van der Waals surface area contributed by atoms with Crippen molar-refractivity contribution in [3.05, 3.63) is 75.3 Å². The minimum absolute atomic E-state index is 0.111. The number of fused-ring (bicyclic) bond motifs is 1. The fraction of sp³-hybridized carbons (Fsp3) is 0.423. The van der Waals surface area contributed by atoms with Gasteiger partial charge in [0.15, 0.2) is 0 Å². The van der Waals surface area contributed by atoms with Crippen molar-refractivity contribution in [2.75, 3.05) is 13.1 Å². The summed E-state index contributed by atoms with van der Waals surface area (Å²) in [6.45, 7) is 10.9.